The summed E-state index contributed by atoms with van der Waals surface area (Å²) in [5, 5.41) is 28.8. The predicted octanol–water partition coefficient (Wildman–Crippen LogP) is 3.40. The summed E-state index contributed by atoms with van der Waals surface area (Å²) in [6.45, 7) is 2.80. The average molecular weight is 323 g/mol. The second-order valence-corrected chi connectivity index (χ2v) is 5.45. The number of benzene rings is 2. The molecule has 0 saturated carbocycles. The van der Waals surface area contributed by atoms with Gasteiger partial charge < -0.3 is 19.5 Å². The summed E-state index contributed by atoms with van der Waals surface area (Å²) < 4.78 is 7.14. The number of imidazole rings is 1. The Hall–Kier alpha value is -3.20. The molecule has 24 heavy (non-hydrogen) atoms. The van der Waals surface area contributed by atoms with Gasteiger partial charge in [0.1, 0.15) is 5.82 Å². The van der Waals surface area contributed by atoms with E-state index in [1.807, 2.05) is 10.6 Å². The molecule has 0 aliphatic rings. The highest BCUT2D eigenvalue weighted by atomic mass is 16.5. The van der Waals surface area contributed by atoms with Crippen molar-refractivity contribution in [3.63, 3.8) is 0 Å². The largest absolute Gasteiger partial charge is 0.504 e. The van der Waals surface area contributed by atoms with Crippen LogP contribution in [0.3, 0.4) is 0 Å². The van der Waals surface area contributed by atoms with Crippen LogP contribution in [0.15, 0.2) is 30.3 Å². The van der Waals surface area contributed by atoms with E-state index in [1.54, 1.807) is 18.2 Å². The first kappa shape index (κ1) is 15.7. The van der Waals surface area contributed by atoms with Crippen LogP contribution in [0.25, 0.3) is 22.4 Å². The van der Waals surface area contributed by atoms with Crippen LogP contribution in [0.2, 0.25) is 0 Å². The number of nitriles is 1. The highest BCUT2D eigenvalue weighted by molar-refractivity contribution is 5.82. The molecule has 0 fully saturated rings. The minimum Gasteiger partial charge on any atom is -0.504 e. The molecule has 0 unspecified atom stereocenters. The quantitative estimate of drug-likeness (QED) is 0.718. The lowest BCUT2D eigenvalue weighted by molar-refractivity contribution is 0.351. The Bertz CT molecular complexity index is 954. The van der Waals surface area contributed by atoms with Crippen LogP contribution in [0.4, 0.5) is 0 Å². The van der Waals surface area contributed by atoms with Gasteiger partial charge in [-0.15, -0.1) is 0 Å². The molecule has 0 atom stereocenters. The number of phenols is 2. The van der Waals surface area contributed by atoms with Gasteiger partial charge in [0.15, 0.2) is 11.5 Å². The van der Waals surface area contributed by atoms with Crippen LogP contribution in [0.5, 0.6) is 17.2 Å². The van der Waals surface area contributed by atoms with E-state index in [4.69, 9.17) is 10.00 Å². The summed E-state index contributed by atoms with van der Waals surface area (Å²) in [5.41, 5.74) is 2.80. The molecular formula is C18H17N3O3. The van der Waals surface area contributed by atoms with Gasteiger partial charge in [-0.2, -0.15) is 5.26 Å². The minimum atomic E-state index is -0.300. The number of hydrogen-bond acceptors (Lipinski definition) is 5. The number of aromatic hydroxyl groups is 2. The van der Waals surface area contributed by atoms with Gasteiger partial charge in [0.25, 0.3) is 0 Å². The van der Waals surface area contributed by atoms with Crippen LogP contribution in [-0.4, -0.2) is 26.9 Å². The Morgan fingerprint density at radius 1 is 1.25 bits per heavy atom. The standard InChI is InChI=1S/C18H17N3O3/c1-3-6-21-14-5-4-11(10-19)7-13(14)20-18(21)12-8-15(22)17(23)16(9-12)24-2/h4-5,7-9,22-23H,3,6H2,1-2H3. The molecule has 0 spiro atoms. The predicted molar refractivity (Wildman–Crippen MR) is 90.1 cm³/mol. The first-order valence-corrected chi connectivity index (χ1v) is 7.59. The van der Waals surface area contributed by atoms with E-state index >= 15 is 0 Å². The number of rotatable bonds is 4. The number of fused-ring (bicyclic) bond motifs is 1. The van der Waals surface area contributed by atoms with Crippen molar-refractivity contribution >= 4 is 11.0 Å². The van der Waals surface area contributed by atoms with Crippen molar-refractivity contribution in [2.45, 2.75) is 19.9 Å². The topological polar surface area (TPSA) is 91.3 Å². The molecule has 2 N–H and O–H groups in total. The summed E-state index contributed by atoms with van der Waals surface area (Å²) in [5.74, 6) is 0.261. The second kappa shape index (κ2) is 6.13. The molecule has 0 radical (unpaired) electrons. The molecular weight excluding hydrogens is 306 g/mol. The lowest BCUT2D eigenvalue weighted by Gasteiger charge is -2.11. The molecule has 0 amide bonds. The molecule has 6 heteroatoms. The van der Waals surface area contributed by atoms with Gasteiger partial charge in [-0.1, -0.05) is 6.92 Å². The van der Waals surface area contributed by atoms with Crippen molar-refractivity contribution < 1.29 is 14.9 Å². The normalized spacial score (nSPS) is 10.7. The van der Waals surface area contributed by atoms with Crippen LogP contribution in [0.1, 0.15) is 18.9 Å². The zero-order valence-electron chi connectivity index (χ0n) is 13.4. The Morgan fingerprint density at radius 2 is 2.04 bits per heavy atom. The molecule has 2 aromatic carbocycles. The Morgan fingerprint density at radius 3 is 2.71 bits per heavy atom. The molecule has 0 aliphatic carbocycles. The first-order valence-electron chi connectivity index (χ1n) is 7.59. The second-order valence-electron chi connectivity index (χ2n) is 5.45. The third kappa shape index (κ3) is 2.50. The fraction of sp³-hybridized carbons (Fsp3) is 0.222. The summed E-state index contributed by atoms with van der Waals surface area (Å²) >= 11 is 0. The number of aromatic nitrogens is 2. The van der Waals surface area contributed by atoms with E-state index in [0.29, 0.717) is 22.5 Å². The van der Waals surface area contributed by atoms with Crippen LogP contribution in [0, 0.1) is 11.3 Å². The van der Waals surface area contributed by atoms with Gasteiger partial charge in [-0.05, 0) is 36.8 Å². The van der Waals surface area contributed by atoms with Crippen molar-refractivity contribution in [2.24, 2.45) is 0 Å². The Labute approximate surface area is 139 Å². The third-order valence-electron chi connectivity index (χ3n) is 3.86. The zero-order chi connectivity index (χ0) is 17.3. The van der Waals surface area contributed by atoms with Gasteiger partial charge in [-0.3, -0.25) is 0 Å². The summed E-state index contributed by atoms with van der Waals surface area (Å²) in [6, 6.07) is 10.6. The number of aryl methyl sites for hydroxylation is 1. The highest BCUT2D eigenvalue weighted by Crippen LogP contribution is 2.40. The van der Waals surface area contributed by atoms with Gasteiger partial charge in [-0.25, -0.2) is 4.98 Å². The van der Waals surface area contributed by atoms with E-state index in [9.17, 15) is 10.2 Å². The maximum Gasteiger partial charge on any atom is 0.200 e. The maximum absolute atomic E-state index is 9.94. The number of ether oxygens (including phenoxy) is 1. The zero-order valence-corrected chi connectivity index (χ0v) is 13.4. The number of hydrogen-bond donors (Lipinski definition) is 2. The van der Waals surface area contributed by atoms with Crippen molar-refractivity contribution in [3.05, 3.63) is 35.9 Å². The molecule has 0 bridgehead atoms. The smallest absolute Gasteiger partial charge is 0.200 e. The van der Waals surface area contributed by atoms with Crippen molar-refractivity contribution in [2.75, 3.05) is 7.11 Å². The van der Waals surface area contributed by atoms with Gasteiger partial charge in [0, 0.05) is 12.1 Å². The van der Waals surface area contributed by atoms with E-state index in [2.05, 4.69) is 18.0 Å². The maximum atomic E-state index is 9.94. The van der Waals surface area contributed by atoms with E-state index in [0.717, 1.165) is 18.5 Å². The monoisotopic (exact) mass is 323 g/mol. The van der Waals surface area contributed by atoms with E-state index in [-0.39, 0.29) is 17.2 Å². The van der Waals surface area contributed by atoms with Crippen molar-refractivity contribution in [1.82, 2.24) is 9.55 Å². The summed E-state index contributed by atoms with van der Waals surface area (Å²) in [6.07, 6.45) is 0.902. The molecule has 6 nitrogen and oxygen atoms in total. The number of nitrogens with zero attached hydrogens (tertiary/aromatic N) is 3. The van der Waals surface area contributed by atoms with Gasteiger partial charge in [0.2, 0.25) is 5.75 Å². The van der Waals surface area contributed by atoms with E-state index in [1.165, 1.54) is 13.2 Å². The van der Waals surface area contributed by atoms with Gasteiger partial charge >= 0.3 is 0 Å². The molecule has 1 heterocycles. The van der Waals surface area contributed by atoms with E-state index < -0.39 is 0 Å². The lowest BCUT2D eigenvalue weighted by atomic mass is 10.1. The molecule has 3 aromatic rings. The molecule has 122 valence electrons. The van der Waals surface area contributed by atoms with Crippen LogP contribution in [-0.2, 0) is 6.54 Å². The summed E-state index contributed by atoms with van der Waals surface area (Å²) in [7, 11) is 1.42. The molecule has 0 saturated heterocycles. The minimum absolute atomic E-state index is 0.179. The van der Waals surface area contributed by atoms with Crippen molar-refractivity contribution in [3.8, 4) is 34.7 Å². The highest BCUT2D eigenvalue weighted by Gasteiger charge is 2.17. The lowest BCUT2D eigenvalue weighted by Crippen LogP contribution is -2.00. The first-order chi connectivity index (χ1) is 11.6. The summed E-state index contributed by atoms with van der Waals surface area (Å²) in [4.78, 5) is 4.62. The molecule has 0 aliphatic heterocycles. The molecule has 3 rings (SSSR count). The van der Waals surface area contributed by atoms with Crippen LogP contribution >= 0.6 is 0 Å². The van der Waals surface area contributed by atoms with Gasteiger partial charge in [0.05, 0.1) is 29.8 Å². The molecule has 1 aromatic heterocycles. The number of phenolic OH excluding ortho intramolecular Hbond substituents is 2. The average Bonchev–Trinajstić information content (AvgIpc) is 2.95. The number of methoxy groups -OCH3 is 1. The van der Waals surface area contributed by atoms with Crippen LogP contribution < -0.4 is 4.74 Å². The fourth-order valence-electron chi connectivity index (χ4n) is 2.75. The Kier molecular flexibility index (Phi) is 4.00. The Balaban J connectivity index is 2.27. The fourth-order valence-corrected chi connectivity index (χ4v) is 2.75. The SMILES string of the molecule is CCCn1c(-c2cc(O)c(O)c(OC)c2)nc2cc(C#N)ccc21. The van der Waals surface area contributed by atoms with Crippen molar-refractivity contribution in [1.29, 1.82) is 5.26 Å². The third-order valence-corrected chi connectivity index (χ3v) is 3.86.